The zero-order valence-electron chi connectivity index (χ0n) is 13.8. The SMILES string of the molecule is CCNc1nc(C2CC2)nc(N2CC(C)CC(C)C2)c1C. The molecule has 116 valence electrons. The normalized spacial score (nSPS) is 26.0. The van der Waals surface area contributed by atoms with Crippen LogP contribution in [0.5, 0.6) is 0 Å². The number of anilines is 2. The average molecular weight is 288 g/mol. The summed E-state index contributed by atoms with van der Waals surface area (Å²) in [6.45, 7) is 12.2. The van der Waals surface area contributed by atoms with Crippen molar-refractivity contribution in [3.63, 3.8) is 0 Å². The van der Waals surface area contributed by atoms with Crippen LogP contribution in [0.25, 0.3) is 0 Å². The van der Waals surface area contributed by atoms with Gasteiger partial charge in [-0.15, -0.1) is 0 Å². The van der Waals surface area contributed by atoms with Gasteiger partial charge >= 0.3 is 0 Å². The molecule has 1 aliphatic carbocycles. The predicted octanol–water partition coefficient (Wildman–Crippen LogP) is 3.58. The third-order valence-corrected chi connectivity index (χ3v) is 4.59. The molecule has 3 rings (SSSR count). The summed E-state index contributed by atoms with van der Waals surface area (Å²) in [4.78, 5) is 12.2. The van der Waals surface area contributed by atoms with Crippen LogP contribution in [0.2, 0.25) is 0 Å². The quantitative estimate of drug-likeness (QED) is 0.919. The van der Waals surface area contributed by atoms with Crippen LogP contribution in [0.4, 0.5) is 11.6 Å². The van der Waals surface area contributed by atoms with Crippen LogP contribution in [0, 0.1) is 18.8 Å². The maximum Gasteiger partial charge on any atom is 0.137 e. The highest BCUT2D eigenvalue weighted by Crippen LogP contribution is 2.40. The summed E-state index contributed by atoms with van der Waals surface area (Å²) in [5, 5.41) is 3.42. The Bertz CT molecular complexity index is 500. The number of rotatable bonds is 4. The molecule has 1 aromatic heterocycles. The van der Waals surface area contributed by atoms with Crippen LogP contribution in [-0.2, 0) is 0 Å². The number of nitrogens with zero attached hydrogens (tertiary/aromatic N) is 3. The van der Waals surface area contributed by atoms with Gasteiger partial charge in [-0.3, -0.25) is 0 Å². The summed E-state index contributed by atoms with van der Waals surface area (Å²) in [6, 6.07) is 0. The van der Waals surface area contributed by atoms with Gasteiger partial charge in [0.05, 0.1) is 0 Å². The Balaban J connectivity index is 1.95. The van der Waals surface area contributed by atoms with Gasteiger partial charge in [-0.2, -0.15) is 0 Å². The number of piperidine rings is 1. The van der Waals surface area contributed by atoms with Crippen molar-refractivity contribution in [2.24, 2.45) is 11.8 Å². The van der Waals surface area contributed by atoms with Gasteiger partial charge in [-0.05, 0) is 44.9 Å². The minimum absolute atomic E-state index is 0.599. The van der Waals surface area contributed by atoms with Crippen molar-refractivity contribution in [2.75, 3.05) is 29.9 Å². The Morgan fingerprint density at radius 3 is 2.38 bits per heavy atom. The fourth-order valence-corrected chi connectivity index (χ4v) is 3.53. The van der Waals surface area contributed by atoms with Gasteiger partial charge in [0.1, 0.15) is 17.5 Å². The van der Waals surface area contributed by atoms with E-state index >= 15 is 0 Å². The van der Waals surface area contributed by atoms with Crippen molar-refractivity contribution >= 4 is 11.6 Å². The lowest BCUT2D eigenvalue weighted by molar-refractivity contribution is 0.355. The van der Waals surface area contributed by atoms with Gasteiger partial charge in [0.25, 0.3) is 0 Å². The molecule has 4 heteroatoms. The van der Waals surface area contributed by atoms with E-state index in [2.05, 4.69) is 37.9 Å². The Labute approximate surface area is 128 Å². The molecular formula is C17H28N4. The maximum absolute atomic E-state index is 4.94. The molecule has 4 nitrogen and oxygen atoms in total. The highest BCUT2D eigenvalue weighted by molar-refractivity contribution is 5.59. The van der Waals surface area contributed by atoms with Gasteiger partial charge in [-0.25, -0.2) is 9.97 Å². The molecule has 2 aliphatic rings. The van der Waals surface area contributed by atoms with Crippen LogP contribution in [-0.4, -0.2) is 29.6 Å². The van der Waals surface area contributed by atoms with Gasteiger partial charge in [-0.1, -0.05) is 13.8 Å². The number of nitrogens with one attached hydrogen (secondary N) is 1. The van der Waals surface area contributed by atoms with Crippen LogP contribution in [0.3, 0.4) is 0 Å². The summed E-state index contributed by atoms with van der Waals surface area (Å²) in [6.07, 6.45) is 3.83. The van der Waals surface area contributed by atoms with Crippen molar-refractivity contribution in [3.8, 4) is 0 Å². The van der Waals surface area contributed by atoms with Crippen molar-refractivity contribution in [1.29, 1.82) is 0 Å². The number of aromatic nitrogens is 2. The van der Waals surface area contributed by atoms with Gasteiger partial charge in [0.15, 0.2) is 0 Å². The fraction of sp³-hybridized carbons (Fsp3) is 0.765. The van der Waals surface area contributed by atoms with E-state index in [9.17, 15) is 0 Å². The van der Waals surface area contributed by atoms with Crippen molar-refractivity contribution in [2.45, 2.75) is 52.9 Å². The lowest BCUT2D eigenvalue weighted by atomic mass is 9.92. The van der Waals surface area contributed by atoms with Crippen molar-refractivity contribution < 1.29 is 0 Å². The molecule has 0 radical (unpaired) electrons. The predicted molar refractivity (Wildman–Crippen MR) is 88.1 cm³/mol. The molecule has 2 unspecified atom stereocenters. The first-order valence-corrected chi connectivity index (χ1v) is 8.45. The largest absolute Gasteiger partial charge is 0.370 e. The highest BCUT2D eigenvalue weighted by Gasteiger charge is 2.30. The summed E-state index contributed by atoms with van der Waals surface area (Å²) in [7, 11) is 0. The van der Waals surface area contributed by atoms with E-state index in [1.807, 2.05) is 0 Å². The second-order valence-corrected chi connectivity index (χ2v) is 7.03. The number of hydrogen-bond donors (Lipinski definition) is 1. The van der Waals surface area contributed by atoms with Crippen molar-refractivity contribution in [1.82, 2.24) is 9.97 Å². The molecular weight excluding hydrogens is 260 g/mol. The molecule has 2 atom stereocenters. The van der Waals surface area contributed by atoms with Gasteiger partial charge in [0, 0.05) is 31.1 Å². The Morgan fingerprint density at radius 1 is 1.14 bits per heavy atom. The second-order valence-electron chi connectivity index (χ2n) is 7.03. The molecule has 1 saturated carbocycles. The van der Waals surface area contributed by atoms with E-state index in [0.29, 0.717) is 5.92 Å². The molecule has 0 amide bonds. The molecule has 21 heavy (non-hydrogen) atoms. The minimum Gasteiger partial charge on any atom is -0.370 e. The summed E-state index contributed by atoms with van der Waals surface area (Å²) < 4.78 is 0. The smallest absolute Gasteiger partial charge is 0.137 e. The molecule has 0 aromatic carbocycles. The Kier molecular flexibility index (Phi) is 4.05. The fourth-order valence-electron chi connectivity index (χ4n) is 3.53. The van der Waals surface area contributed by atoms with Crippen molar-refractivity contribution in [3.05, 3.63) is 11.4 Å². The number of hydrogen-bond acceptors (Lipinski definition) is 4. The Hall–Kier alpha value is -1.32. The van der Waals surface area contributed by atoms with E-state index in [4.69, 9.17) is 9.97 Å². The zero-order chi connectivity index (χ0) is 15.0. The lowest BCUT2D eigenvalue weighted by Gasteiger charge is -2.37. The summed E-state index contributed by atoms with van der Waals surface area (Å²) >= 11 is 0. The van der Waals surface area contributed by atoms with Crippen LogP contribution >= 0.6 is 0 Å². The minimum atomic E-state index is 0.599. The molecule has 0 bridgehead atoms. The molecule has 1 aromatic rings. The molecule has 1 N–H and O–H groups in total. The van der Waals surface area contributed by atoms with E-state index in [0.717, 1.165) is 43.1 Å². The molecule has 0 spiro atoms. The second kappa shape index (κ2) is 5.82. The van der Waals surface area contributed by atoms with Gasteiger partial charge in [0.2, 0.25) is 0 Å². The van der Waals surface area contributed by atoms with E-state index in [1.165, 1.54) is 30.6 Å². The Morgan fingerprint density at radius 2 is 1.81 bits per heavy atom. The monoisotopic (exact) mass is 288 g/mol. The summed E-state index contributed by atoms with van der Waals surface area (Å²) in [5.74, 6) is 5.35. The van der Waals surface area contributed by atoms with E-state index in [-0.39, 0.29) is 0 Å². The first kappa shape index (κ1) is 14.6. The van der Waals surface area contributed by atoms with Crippen LogP contribution in [0.1, 0.15) is 57.3 Å². The van der Waals surface area contributed by atoms with Gasteiger partial charge < -0.3 is 10.2 Å². The molecule has 2 heterocycles. The third kappa shape index (κ3) is 3.14. The molecule has 1 saturated heterocycles. The van der Waals surface area contributed by atoms with Crippen LogP contribution in [0.15, 0.2) is 0 Å². The topological polar surface area (TPSA) is 41.1 Å². The van der Waals surface area contributed by atoms with Crippen LogP contribution < -0.4 is 10.2 Å². The average Bonchev–Trinajstić information content (AvgIpc) is 3.24. The van der Waals surface area contributed by atoms with E-state index in [1.54, 1.807) is 0 Å². The third-order valence-electron chi connectivity index (χ3n) is 4.59. The molecule has 2 fully saturated rings. The first-order chi connectivity index (χ1) is 10.1. The van der Waals surface area contributed by atoms with E-state index < -0.39 is 0 Å². The maximum atomic E-state index is 4.94. The lowest BCUT2D eigenvalue weighted by Crippen LogP contribution is -2.39. The highest BCUT2D eigenvalue weighted by atomic mass is 15.2. The zero-order valence-corrected chi connectivity index (χ0v) is 13.8. The summed E-state index contributed by atoms with van der Waals surface area (Å²) in [5.41, 5.74) is 1.21. The standard InChI is InChI=1S/C17H28N4/c1-5-18-15-13(4)17(20-16(19-15)14-6-7-14)21-9-11(2)8-12(3)10-21/h11-12,14H,5-10H2,1-4H3,(H,18,19,20). The first-order valence-electron chi connectivity index (χ1n) is 8.45. The molecule has 1 aliphatic heterocycles.